The van der Waals surface area contributed by atoms with Gasteiger partial charge in [-0.3, -0.25) is 0 Å². The minimum Gasteiger partial charge on any atom is -0.373 e. The predicted molar refractivity (Wildman–Crippen MR) is 193 cm³/mol. The van der Waals surface area contributed by atoms with Gasteiger partial charge in [-0.1, -0.05) is 167 Å². The molecule has 0 bridgehead atoms. The Bertz CT molecular complexity index is 512. The van der Waals surface area contributed by atoms with E-state index in [1.54, 1.807) is 0 Å². The van der Waals surface area contributed by atoms with Crippen LogP contribution in [0.15, 0.2) is 24.3 Å². The molecule has 0 rings (SSSR count). The molecule has 0 fully saturated rings. The largest absolute Gasteiger partial charge is 0.373 e. The molecule has 0 aliphatic heterocycles. The lowest BCUT2D eigenvalue weighted by molar-refractivity contribution is -0.0677. The molecular weight excluding hydrogens is 508 g/mol. The standard InChI is InChI=1S/C41H80O/c1-6-8-10-12-14-16-18-20-22-24-26-28-30-32-34-36-38-40(42-41(3,4)5)39-37-35-33-31-29-27-25-23-21-19-17-15-13-11-9-7-2/h20-23,40H,6-19,24-39H2,1-5H3/b22-20-,23-21-. The van der Waals surface area contributed by atoms with E-state index >= 15 is 0 Å². The van der Waals surface area contributed by atoms with Gasteiger partial charge in [0.2, 0.25) is 0 Å². The third-order valence-corrected chi connectivity index (χ3v) is 8.60. The van der Waals surface area contributed by atoms with Gasteiger partial charge in [-0.15, -0.1) is 0 Å². The fraction of sp³-hybridized carbons (Fsp3) is 0.902. The van der Waals surface area contributed by atoms with E-state index in [1.807, 2.05) is 0 Å². The van der Waals surface area contributed by atoms with E-state index in [2.05, 4.69) is 58.9 Å². The summed E-state index contributed by atoms with van der Waals surface area (Å²) >= 11 is 0. The highest BCUT2D eigenvalue weighted by Crippen LogP contribution is 2.22. The molecule has 1 heteroatoms. The minimum atomic E-state index is -0.0180. The van der Waals surface area contributed by atoms with Crippen molar-refractivity contribution in [3.8, 4) is 0 Å². The van der Waals surface area contributed by atoms with Crippen LogP contribution in [0.4, 0.5) is 0 Å². The highest BCUT2D eigenvalue weighted by Gasteiger charge is 2.18. The maximum atomic E-state index is 6.47. The van der Waals surface area contributed by atoms with Gasteiger partial charge in [0, 0.05) is 0 Å². The zero-order chi connectivity index (χ0) is 30.8. The van der Waals surface area contributed by atoms with Crippen molar-refractivity contribution < 1.29 is 4.74 Å². The van der Waals surface area contributed by atoms with Gasteiger partial charge < -0.3 is 4.74 Å². The van der Waals surface area contributed by atoms with E-state index in [0.717, 1.165) is 0 Å². The first-order valence-corrected chi connectivity index (χ1v) is 19.5. The van der Waals surface area contributed by atoms with Gasteiger partial charge in [-0.05, 0) is 85.0 Å². The van der Waals surface area contributed by atoms with E-state index in [0.29, 0.717) is 6.10 Å². The molecule has 0 aromatic heterocycles. The summed E-state index contributed by atoms with van der Waals surface area (Å²) in [6.07, 6.45) is 51.4. The van der Waals surface area contributed by atoms with Crippen molar-refractivity contribution in [1.82, 2.24) is 0 Å². The minimum absolute atomic E-state index is 0.0180. The maximum Gasteiger partial charge on any atom is 0.0602 e. The Hall–Kier alpha value is -0.560. The summed E-state index contributed by atoms with van der Waals surface area (Å²) in [7, 11) is 0. The average Bonchev–Trinajstić information content (AvgIpc) is 2.95. The Morgan fingerprint density at radius 3 is 0.929 bits per heavy atom. The molecule has 0 aromatic rings. The first kappa shape index (κ1) is 41.4. The third kappa shape index (κ3) is 35.6. The monoisotopic (exact) mass is 589 g/mol. The molecule has 250 valence electrons. The summed E-state index contributed by atoms with van der Waals surface area (Å²) in [4.78, 5) is 0. The van der Waals surface area contributed by atoms with Crippen molar-refractivity contribution in [2.45, 2.75) is 239 Å². The van der Waals surface area contributed by atoms with Crippen LogP contribution in [0.25, 0.3) is 0 Å². The summed E-state index contributed by atoms with van der Waals surface area (Å²) in [5, 5.41) is 0. The smallest absolute Gasteiger partial charge is 0.0602 e. The molecule has 0 aromatic carbocycles. The number of allylic oxidation sites excluding steroid dienone is 4. The molecule has 0 saturated heterocycles. The lowest BCUT2D eigenvalue weighted by Gasteiger charge is -2.28. The fourth-order valence-corrected chi connectivity index (χ4v) is 6.00. The van der Waals surface area contributed by atoms with Gasteiger partial charge in [0.1, 0.15) is 0 Å². The zero-order valence-corrected chi connectivity index (χ0v) is 30.0. The second kappa shape index (κ2) is 33.3. The van der Waals surface area contributed by atoms with Crippen LogP contribution < -0.4 is 0 Å². The van der Waals surface area contributed by atoms with Gasteiger partial charge in [-0.2, -0.15) is 0 Å². The fourth-order valence-electron chi connectivity index (χ4n) is 6.00. The third-order valence-electron chi connectivity index (χ3n) is 8.60. The molecule has 42 heavy (non-hydrogen) atoms. The molecule has 0 aliphatic rings. The van der Waals surface area contributed by atoms with Crippen molar-refractivity contribution in [3.63, 3.8) is 0 Å². The highest BCUT2D eigenvalue weighted by molar-refractivity contribution is 4.82. The quantitative estimate of drug-likeness (QED) is 0.0547. The molecule has 1 nitrogen and oxygen atoms in total. The molecular formula is C41H80O. The van der Waals surface area contributed by atoms with Gasteiger partial charge in [0.15, 0.2) is 0 Å². The molecule has 0 aliphatic carbocycles. The second-order valence-corrected chi connectivity index (χ2v) is 14.3. The first-order valence-electron chi connectivity index (χ1n) is 19.5. The summed E-state index contributed by atoms with van der Waals surface area (Å²) in [6.45, 7) is 11.3. The van der Waals surface area contributed by atoms with E-state index in [1.165, 1.54) is 193 Å². The highest BCUT2D eigenvalue weighted by atomic mass is 16.5. The molecule has 0 radical (unpaired) electrons. The SMILES string of the molecule is CCCCCCCC/C=C\CCCCCCCCC(CCCCCCCC/C=C\CCCCCCCC)OC(C)(C)C. The Labute approximate surface area is 267 Å². The van der Waals surface area contributed by atoms with Crippen LogP contribution >= 0.6 is 0 Å². The number of unbranched alkanes of at least 4 members (excludes halogenated alkanes) is 24. The Balaban J connectivity index is 3.66. The van der Waals surface area contributed by atoms with Crippen LogP contribution in [0.3, 0.4) is 0 Å². The number of ether oxygens (including phenoxy) is 1. The van der Waals surface area contributed by atoms with Crippen molar-refractivity contribution in [3.05, 3.63) is 24.3 Å². The van der Waals surface area contributed by atoms with Crippen LogP contribution in [0, 0.1) is 0 Å². The van der Waals surface area contributed by atoms with E-state index in [9.17, 15) is 0 Å². The summed E-state index contributed by atoms with van der Waals surface area (Å²) < 4.78 is 6.47. The van der Waals surface area contributed by atoms with E-state index in [4.69, 9.17) is 4.74 Å². The van der Waals surface area contributed by atoms with Crippen LogP contribution in [0.2, 0.25) is 0 Å². The van der Waals surface area contributed by atoms with Crippen LogP contribution in [-0.4, -0.2) is 11.7 Å². The topological polar surface area (TPSA) is 9.23 Å². The summed E-state index contributed by atoms with van der Waals surface area (Å²) in [5.41, 5.74) is -0.0180. The number of hydrogen-bond acceptors (Lipinski definition) is 1. The van der Waals surface area contributed by atoms with Crippen molar-refractivity contribution in [2.24, 2.45) is 0 Å². The van der Waals surface area contributed by atoms with Crippen molar-refractivity contribution in [2.75, 3.05) is 0 Å². The lowest BCUT2D eigenvalue weighted by atomic mass is 10.0. The van der Waals surface area contributed by atoms with Gasteiger partial charge >= 0.3 is 0 Å². The molecule has 0 saturated carbocycles. The first-order chi connectivity index (χ1) is 20.5. The number of rotatable bonds is 33. The van der Waals surface area contributed by atoms with Gasteiger partial charge in [0.05, 0.1) is 11.7 Å². The maximum absolute atomic E-state index is 6.47. The molecule has 0 amide bonds. The normalized spacial score (nSPS) is 12.5. The van der Waals surface area contributed by atoms with Crippen LogP contribution in [0.5, 0.6) is 0 Å². The summed E-state index contributed by atoms with van der Waals surface area (Å²) in [5.74, 6) is 0. The van der Waals surface area contributed by atoms with Gasteiger partial charge in [-0.25, -0.2) is 0 Å². The second-order valence-electron chi connectivity index (χ2n) is 14.3. The number of hydrogen-bond donors (Lipinski definition) is 0. The molecule has 0 spiro atoms. The van der Waals surface area contributed by atoms with Gasteiger partial charge in [0.25, 0.3) is 0 Å². The Morgan fingerprint density at radius 2 is 0.643 bits per heavy atom. The summed E-state index contributed by atoms with van der Waals surface area (Å²) in [6, 6.07) is 0. The average molecular weight is 589 g/mol. The molecule has 0 unspecified atom stereocenters. The lowest BCUT2D eigenvalue weighted by Crippen LogP contribution is -2.27. The van der Waals surface area contributed by atoms with Crippen molar-refractivity contribution in [1.29, 1.82) is 0 Å². The Morgan fingerprint density at radius 1 is 0.381 bits per heavy atom. The van der Waals surface area contributed by atoms with E-state index in [-0.39, 0.29) is 5.60 Å². The molecule has 0 N–H and O–H groups in total. The predicted octanol–water partition coefficient (Wildman–Crippen LogP) is 15.0. The van der Waals surface area contributed by atoms with Crippen LogP contribution in [-0.2, 0) is 4.74 Å². The van der Waals surface area contributed by atoms with Crippen molar-refractivity contribution >= 4 is 0 Å². The molecule has 0 atom stereocenters. The Kier molecular flexibility index (Phi) is 32.9. The van der Waals surface area contributed by atoms with Crippen LogP contribution in [0.1, 0.15) is 227 Å². The molecule has 0 heterocycles. The zero-order valence-electron chi connectivity index (χ0n) is 30.0. The van der Waals surface area contributed by atoms with E-state index < -0.39 is 0 Å².